The average molecular weight is 258 g/mol. The SMILES string of the molecule is NC(=O)Nc1nc2ccc(-n3cccc3)cc2s1. The van der Waals surface area contributed by atoms with E-state index in [1.807, 2.05) is 47.3 Å². The van der Waals surface area contributed by atoms with Crippen molar-refractivity contribution in [2.75, 3.05) is 5.32 Å². The molecule has 0 spiro atoms. The summed E-state index contributed by atoms with van der Waals surface area (Å²) in [7, 11) is 0. The molecule has 2 heterocycles. The molecule has 18 heavy (non-hydrogen) atoms. The highest BCUT2D eigenvalue weighted by atomic mass is 32.1. The fourth-order valence-corrected chi connectivity index (χ4v) is 2.64. The van der Waals surface area contributed by atoms with Gasteiger partial charge < -0.3 is 10.3 Å². The van der Waals surface area contributed by atoms with Gasteiger partial charge in [0.25, 0.3) is 0 Å². The van der Waals surface area contributed by atoms with Gasteiger partial charge in [-0.15, -0.1) is 0 Å². The van der Waals surface area contributed by atoms with Crippen molar-refractivity contribution in [1.82, 2.24) is 9.55 Å². The summed E-state index contributed by atoms with van der Waals surface area (Å²) >= 11 is 1.40. The molecule has 3 aromatic rings. The van der Waals surface area contributed by atoms with Gasteiger partial charge in [-0.2, -0.15) is 0 Å². The Kier molecular flexibility index (Phi) is 2.49. The predicted molar refractivity (Wildman–Crippen MR) is 72.2 cm³/mol. The van der Waals surface area contributed by atoms with Crippen LogP contribution in [0.3, 0.4) is 0 Å². The zero-order valence-electron chi connectivity index (χ0n) is 9.33. The van der Waals surface area contributed by atoms with Gasteiger partial charge in [0.1, 0.15) is 0 Å². The van der Waals surface area contributed by atoms with E-state index in [2.05, 4.69) is 10.3 Å². The molecule has 0 radical (unpaired) electrons. The quantitative estimate of drug-likeness (QED) is 0.741. The van der Waals surface area contributed by atoms with Crippen LogP contribution in [0.25, 0.3) is 15.9 Å². The molecular formula is C12H10N4OS. The fourth-order valence-electron chi connectivity index (χ4n) is 1.74. The first-order valence-electron chi connectivity index (χ1n) is 5.33. The fraction of sp³-hybridized carbons (Fsp3) is 0. The van der Waals surface area contributed by atoms with Gasteiger partial charge in [0.05, 0.1) is 10.2 Å². The van der Waals surface area contributed by atoms with E-state index in [0.29, 0.717) is 5.13 Å². The minimum absolute atomic E-state index is 0.516. The highest BCUT2D eigenvalue weighted by molar-refractivity contribution is 7.22. The standard InChI is InChI=1S/C12H10N4OS/c13-11(17)15-12-14-9-4-3-8(7-10(9)18-12)16-5-1-2-6-16/h1-7H,(H3,13,14,15,17). The van der Waals surface area contributed by atoms with E-state index in [9.17, 15) is 4.79 Å². The second kappa shape index (κ2) is 4.15. The number of hydrogen-bond acceptors (Lipinski definition) is 3. The number of anilines is 1. The Labute approximate surface area is 107 Å². The molecule has 90 valence electrons. The topological polar surface area (TPSA) is 72.9 Å². The van der Waals surface area contributed by atoms with E-state index in [-0.39, 0.29) is 0 Å². The number of nitrogens with zero attached hydrogens (tertiary/aromatic N) is 2. The highest BCUT2D eigenvalue weighted by Gasteiger charge is 2.06. The Balaban J connectivity index is 2.04. The number of carbonyl (C=O) groups is 1. The number of nitrogens with two attached hydrogens (primary N) is 1. The Morgan fingerprint density at radius 1 is 1.33 bits per heavy atom. The maximum Gasteiger partial charge on any atom is 0.318 e. The minimum Gasteiger partial charge on any atom is -0.351 e. The Morgan fingerprint density at radius 3 is 2.83 bits per heavy atom. The van der Waals surface area contributed by atoms with Gasteiger partial charge in [0.2, 0.25) is 0 Å². The van der Waals surface area contributed by atoms with E-state index >= 15 is 0 Å². The van der Waals surface area contributed by atoms with Crippen molar-refractivity contribution in [2.24, 2.45) is 5.73 Å². The van der Waals surface area contributed by atoms with E-state index in [1.165, 1.54) is 11.3 Å². The van der Waals surface area contributed by atoms with Crippen LogP contribution in [0.15, 0.2) is 42.7 Å². The molecule has 0 aliphatic carbocycles. The van der Waals surface area contributed by atoms with Crippen molar-refractivity contribution in [2.45, 2.75) is 0 Å². The van der Waals surface area contributed by atoms with Gasteiger partial charge in [-0.1, -0.05) is 11.3 Å². The molecule has 6 heteroatoms. The summed E-state index contributed by atoms with van der Waals surface area (Å²) in [4.78, 5) is 15.0. The van der Waals surface area contributed by atoms with Crippen LogP contribution in [0, 0.1) is 0 Å². The number of urea groups is 1. The van der Waals surface area contributed by atoms with Crippen molar-refractivity contribution in [3.63, 3.8) is 0 Å². The first-order valence-corrected chi connectivity index (χ1v) is 6.14. The van der Waals surface area contributed by atoms with Crippen molar-refractivity contribution in [3.8, 4) is 5.69 Å². The van der Waals surface area contributed by atoms with E-state index in [0.717, 1.165) is 15.9 Å². The van der Waals surface area contributed by atoms with Crippen LogP contribution >= 0.6 is 11.3 Å². The number of primary amides is 1. The van der Waals surface area contributed by atoms with Crippen molar-refractivity contribution in [1.29, 1.82) is 0 Å². The number of rotatable bonds is 2. The Bertz CT molecular complexity index is 702. The Hall–Kier alpha value is -2.34. The maximum absolute atomic E-state index is 10.8. The number of thiazole rings is 1. The summed E-state index contributed by atoms with van der Waals surface area (Å²) in [6.45, 7) is 0. The molecular weight excluding hydrogens is 248 g/mol. The summed E-state index contributed by atoms with van der Waals surface area (Å²) in [5, 5.41) is 3.00. The third-order valence-electron chi connectivity index (χ3n) is 2.50. The lowest BCUT2D eigenvalue weighted by atomic mass is 10.3. The summed E-state index contributed by atoms with van der Waals surface area (Å²) in [5.74, 6) is 0. The number of fused-ring (bicyclic) bond motifs is 1. The monoisotopic (exact) mass is 258 g/mol. The van der Waals surface area contributed by atoms with E-state index in [4.69, 9.17) is 5.73 Å². The van der Waals surface area contributed by atoms with Crippen LogP contribution < -0.4 is 11.1 Å². The number of hydrogen-bond donors (Lipinski definition) is 2. The first kappa shape index (κ1) is 10.8. The highest BCUT2D eigenvalue weighted by Crippen LogP contribution is 2.27. The van der Waals surface area contributed by atoms with Crippen LogP contribution in [-0.2, 0) is 0 Å². The molecule has 3 rings (SSSR count). The van der Waals surface area contributed by atoms with Gasteiger partial charge in [-0.25, -0.2) is 9.78 Å². The number of nitrogens with one attached hydrogen (secondary N) is 1. The third kappa shape index (κ3) is 1.93. The van der Waals surface area contributed by atoms with Gasteiger partial charge in [-0.3, -0.25) is 5.32 Å². The van der Waals surface area contributed by atoms with E-state index < -0.39 is 6.03 Å². The van der Waals surface area contributed by atoms with Crippen LogP contribution in [0.2, 0.25) is 0 Å². The number of carbonyl (C=O) groups excluding carboxylic acids is 1. The smallest absolute Gasteiger partial charge is 0.318 e. The number of benzene rings is 1. The van der Waals surface area contributed by atoms with Crippen LogP contribution in [-0.4, -0.2) is 15.6 Å². The van der Waals surface area contributed by atoms with Gasteiger partial charge >= 0.3 is 6.03 Å². The van der Waals surface area contributed by atoms with Crippen molar-refractivity contribution >= 4 is 32.7 Å². The largest absolute Gasteiger partial charge is 0.351 e. The molecule has 2 aromatic heterocycles. The second-order valence-electron chi connectivity index (χ2n) is 3.75. The molecule has 0 unspecified atom stereocenters. The number of amides is 2. The van der Waals surface area contributed by atoms with Gasteiger partial charge in [-0.05, 0) is 30.3 Å². The second-order valence-corrected chi connectivity index (χ2v) is 4.78. The van der Waals surface area contributed by atoms with Gasteiger partial charge in [0, 0.05) is 18.1 Å². The molecule has 0 aliphatic heterocycles. The molecule has 2 amide bonds. The Morgan fingerprint density at radius 2 is 2.11 bits per heavy atom. The summed E-state index contributed by atoms with van der Waals surface area (Å²) in [6.07, 6.45) is 3.95. The van der Waals surface area contributed by atoms with Gasteiger partial charge in [0.15, 0.2) is 5.13 Å². The van der Waals surface area contributed by atoms with Crippen LogP contribution in [0.5, 0.6) is 0 Å². The molecule has 3 N–H and O–H groups in total. The zero-order chi connectivity index (χ0) is 12.5. The third-order valence-corrected chi connectivity index (χ3v) is 3.44. The lowest BCUT2D eigenvalue weighted by molar-refractivity contribution is 0.259. The molecule has 0 fully saturated rings. The maximum atomic E-state index is 10.8. The summed E-state index contributed by atoms with van der Waals surface area (Å²) in [6, 6.07) is 9.27. The summed E-state index contributed by atoms with van der Waals surface area (Å²) < 4.78 is 3.02. The molecule has 5 nitrogen and oxygen atoms in total. The average Bonchev–Trinajstić information content (AvgIpc) is 2.94. The molecule has 0 saturated carbocycles. The first-order chi connectivity index (χ1) is 8.72. The lowest BCUT2D eigenvalue weighted by Gasteiger charge is -2.01. The summed E-state index contributed by atoms with van der Waals surface area (Å²) in [5.41, 5.74) is 6.97. The van der Waals surface area contributed by atoms with Crippen molar-refractivity contribution in [3.05, 3.63) is 42.7 Å². The molecule has 0 bridgehead atoms. The number of aromatic nitrogens is 2. The normalized spacial score (nSPS) is 10.7. The molecule has 1 aromatic carbocycles. The molecule has 0 atom stereocenters. The van der Waals surface area contributed by atoms with Crippen LogP contribution in [0.4, 0.5) is 9.93 Å². The van der Waals surface area contributed by atoms with Crippen LogP contribution in [0.1, 0.15) is 0 Å². The molecule has 0 saturated heterocycles. The van der Waals surface area contributed by atoms with Crippen molar-refractivity contribution < 1.29 is 4.79 Å². The predicted octanol–water partition coefficient (Wildman–Crippen LogP) is 2.58. The lowest BCUT2D eigenvalue weighted by Crippen LogP contribution is -2.18. The van der Waals surface area contributed by atoms with E-state index in [1.54, 1.807) is 0 Å². The zero-order valence-corrected chi connectivity index (χ0v) is 10.1. The molecule has 0 aliphatic rings. The minimum atomic E-state index is -0.598.